The molecule has 0 bridgehead atoms. The van der Waals surface area contributed by atoms with E-state index in [0.717, 1.165) is 11.1 Å². The third-order valence-electron chi connectivity index (χ3n) is 4.50. The molecule has 3 rings (SSSR count). The lowest BCUT2D eigenvalue weighted by Gasteiger charge is -2.27. The molecule has 2 aliphatic heterocycles. The highest BCUT2D eigenvalue weighted by molar-refractivity contribution is 5.79. The summed E-state index contributed by atoms with van der Waals surface area (Å²) in [4.78, 5) is 18.0. The maximum Gasteiger partial charge on any atom is 0.326 e. The van der Waals surface area contributed by atoms with E-state index < -0.39 is 6.04 Å². The van der Waals surface area contributed by atoms with Crippen LogP contribution in [0.2, 0.25) is 0 Å². The highest BCUT2D eigenvalue weighted by atomic mass is 16.7. The Morgan fingerprint density at radius 3 is 2.65 bits per heavy atom. The summed E-state index contributed by atoms with van der Waals surface area (Å²) < 4.78 is 5.33. The van der Waals surface area contributed by atoms with Gasteiger partial charge in [-0.15, -0.1) is 0 Å². The molecule has 2 aliphatic rings. The fourth-order valence-corrected chi connectivity index (χ4v) is 3.38. The zero-order valence-electron chi connectivity index (χ0n) is 14.5. The van der Waals surface area contributed by atoms with Crippen LogP contribution in [0.5, 0.6) is 0 Å². The van der Waals surface area contributed by atoms with Crippen LogP contribution < -0.4 is 0 Å². The molecule has 5 heteroatoms. The minimum absolute atomic E-state index is 0.0770. The normalized spacial score (nSPS) is 31.1. The van der Waals surface area contributed by atoms with Gasteiger partial charge < -0.3 is 9.84 Å². The lowest BCUT2D eigenvalue weighted by atomic mass is 9.92. The van der Waals surface area contributed by atoms with E-state index in [1.54, 1.807) is 5.06 Å². The number of esters is 1. The molecular weight excluding hydrogens is 294 g/mol. The minimum atomic E-state index is -0.437. The van der Waals surface area contributed by atoms with E-state index in [4.69, 9.17) is 9.57 Å². The molecule has 5 nitrogen and oxygen atoms in total. The number of carbonyl (C=O) groups excluding carboxylic acids is 1. The van der Waals surface area contributed by atoms with Crippen molar-refractivity contribution < 1.29 is 19.5 Å². The first-order valence-electron chi connectivity index (χ1n) is 8.36. The summed E-state index contributed by atoms with van der Waals surface area (Å²) in [7, 11) is 0. The van der Waals surface area contributed by atoms with Gasteiger partial charge >= 0.3 is 5.97 Å². The Kier molecular flexibility index (Phi) is 5.79. The number of hydrogen-bond donors (Lipinski definition) is 1. The van der Waals surface area contributed by atoms with Crippen molar-refractivity contribution in [3.8, 4) is 0 Å². The quantitative estimate of drug-likeness (QED) is 0.867. The van der Waals surface area contributed by atoms with Gasteiger partial charge in [-0.05, 0) is 26.3 Å². The molecule has 0 saturated carbocycles. The molecule has 0 aliphatic carbocycles. The van der Waals surface area contributed by atoms with Crippen molar-refractivity contribution in [3.63, 3.8) is 0 Å². The Hall–Kier alpha value is -1.43. The van der Waals surface area contributed by atoms with Crippen LogP contribution in [-0.2, 0) is 14.4 Å². The second-order valence-corrected chi connectivity index (χ2v) is 5.94. The number of ether oxygens (including phenoxy) is 1. The monoisotopic (exact) mass is 321 g/mol. The lowest BCUT2D eigenvalue weighted by molar-refractivity contribution is -0.207. The Balaban J connectivity index is 0.000000924. The van der Waals surface area contributed by atoms with Crippen molar-refractivity contribution in [2.45, 2.75) is 58.9 Å². The average molecular weight is 321 g/mol. The molecule has 0 radical (unpaired) electrons. The molecule has 2 unspecified atom stereocenters. The maximum absolute atomic E-state index is 12.1. The van der Waals surface area contributed by atoms with Crippen LogP contribution in [0, 0.1) is 12.8 Å². The van der Waals surface area contributed by atoms with Crippen LogP contribution in [-0.4, -0.2) is 41.0 Å². The first-order valence-corrected chi connectivity index (χ1v) is 8.36. The molecule has 128 valence electrons. The van der Waals surface area contributed by atoms with Gasteiger partial charge in [-0.25, -0.2) is 0 Å². The fraction of sp³-hybridized carbons (Fsp3) is 0.611. The van der Waals surface area contributed by atoms with Gasteiger partial charge in [0.1, 0.15) is 18.2 Å². The Morgan fingerprint density at radius 2 is 2.04 bits per heavy atom. The third kappa shape index (κ3) is 3.27. The van der Waals surface area contributed by atoms with Crippen molar-refractivity contribution >= 4 is 5.97 Å². The largest absolute Gasteiger partial charge is 0.461 e. The van der Waals surface area contributed by atoms with Crippen molar-refractivity contribution in [1.82, 2.24) is 5.06 Å². The summed E-state index contributed by atoms with van der Waals surface area (Å²) in [6.07, 6.45) is -0.613. The zero-order valence-corrected chi connectivity index (χ0v) is 14.5. The first kappa shape index (κ1) is 17.9. The molecule has 1 aromatic carbocycles. The topological polar surface area (TPSA) is 59.0 Å². The van der Waals surface area contributed by atoms with E-state index in [9.17, 15) is 9.90 Å². The number of hydrogen-bond acceptors (Lipinski definition) is 5. The highest BCUT2D eigenvalue weighted by Gasteiger charge is 2.57. The Bertz CT molecular complexity index is 548. The van der Waals surface area contributed by atoms with Crippen LogP contribution in [0.4, 0.5) is 0 Å². The molecule has 2 fully saturated rings. The molecule has 1 N–H and O–H groups in total. The maximum atomic E-state index is 12.1. The third-order valence-corrected chi connectivity index (χ3v) is 4.50. The number of nitrogens with zero attached hydrogens (tertiary/aromatic N) is 1. The van der Waals surface area contributed by atoms with E-state index in [0.29, 0.717) is 0 Å². The van der Waals surface area contributed by atoms with Crippen LogP contribution in [0.1, 0.15) is 44.9 Å². The standard InChI is InChI=1S/C16H21NO4.C2H6/c1-9-5-4-6-12(7-9)10(2)17-15-14(13(8-18)21-17)11(3)20-16(15)19;1-2/h4-7,10-11,13-15,18H,8H2,1-3H3;1-2H3/t10?,11-,13?,14+,15-;/m0./s1. The fourth-order valence-electron chi connectivity index (χ4n) is 3.38. The summed E-state index contributed by atoms with van der Waals surface area (Å²) in [6, 6.07) is 7.62. The van der Waals surface area contributed by atoms with Crippen molar-refractivity contribution in [2.75, 3.05) is 6.61 Å². The lowest BCUT2D eigenvalue weighted by Crippen LogP contribution is -2.37. The number of rotatable bonds is 3. The Morgan fingerprint density at radius 1 is 1.35 bits per heavy atom. The van der Waals surface area contributed by atoms with Crippen LogP contribution in [0.3, 0.4) is 0 Å². The second kappa shape index (κ2) is 7.43. The smallest absolute Gasteiger partial charge is 0.326 e. The number of carbonyl (C=O) groups is 1. The highest BCUT2D eigenvalue weighted by Crippen LogP contribution is 2.41. The van der Waals surface area contributed by atoms with Crippen LogP contribution in [0.15, 0.2) is 24.3 Å². The number of aliphatic hydroxyl groups excluding tert-OH is 1. The summed E-state index contributed by atoms with van der Waals surface area (Å²) in [5.74, 6) is -0.377. The number of hydroxylamine groups is 2. The Labute approximate surface area is 138 Å². The van der Waals surface area contributed by atoms with E-state index >= 15 is 0 Å². The predicted octanol–water partition coefficient (Wildman–Crippen LogP) is 2.62. The SMILES string of the molecule is CC.Cc1cccc(C(C)N2OC(CO)[C@H]3[C@H](C)OC(=O)[C@H]32)c1. The van der Waals surface area contributed by atoms with Gasteiger partial charge in [-0.3, -0.25) is 9.63 Å². The summed E-state index contributed by atoms with van der Waals surface area (Å²) >= 11 is 0. The molecule has 2 saturated heterocycles. The number of benzene rings is 1. The van der Waals surface area contributed by atoms with Crippen molar-refractivity contribution in [3.05, 3.63) is 35.4 Å². The zero-order chi connectivity index (χ0) is 17.1. The number of fused-ring (bicyclic) bond motifs is 1. The summed E-state index contributed by atoms with van der Waals surface area (Å²) in [5.41, 5.74) is 2.25. The summed E-state index contributed by atoms with van der Waals surface area (Å²) in [6.45, 7) is 9.78. The van der Waals surface area contributed by atoms with Crippen molar-refractivity contribution in [2.24, 2.45) is 5.92 Å². The molecule has 1 aromatic rings. The molecule has 5 atom stereocenters. The second-order valence-electron chi connectivity index (χ2n) is 5.94. The minimum Gasteiger partial charge on any atom is -0.461 e. The molecule has 23 heavy (non-hydrogen) atoms. The van der Waals surface area contributed by atoms with Gasteiger partial charge in [0, 0.05) is 0 Å². The number of aliphatic hydroxyl groups is 1. The predicted molar refractivity (Wildman–Crippen MR) is 87.6 cm³/mol. The molecule has 0 amide bonds. The van der Waals surface area contributed by atoms with E-state index in [2.05, 4.69) is 6.07 Å². The van der Waals surface area contributed by atoms with Crippen molar-refractivity contribution in [1.29, 1.82) is 0 Å². The average Bonchev–Trinajstić information content (AvgIpc) is 3.08. The molecule has 0 spiro atoms. The first-order chi connectivity index (χ1) is 11.0. The van der Waals surface area contributed by atoms with Gasteiger partial charge in [-0.2, -0.15) is 5.06 Å². The molecule has 0 aromatic heterocycles. The van der Waals surface area contributed by atoms with Crippen LogP contribution in [0.25, 0.3) is 0 Å². The van der Waals surface area contributed by atoms with Gasteiger partial charge in [0.15, 0.2) is 0 Å². The van der Waals surface area contributed by atoms with E-state index in [1.807, 2.05) is 52.8 Å². The van der Waals surface area contributed by atoms with Gasteiger partial charge in [-0.1, -0.05) is 43.7 Å². The number of cyclic esters (lactones) is 1. The molecular formula is C18H27NO4. The molecule has 2 heterocycles. The number of aryl methyl sites for hydroxylation is 1. The van der Waals surface area contributed by atoms with Gasteiger partial charge in [0.25, 0.3) is 0 Å². The van der Waals surface area contributed by atoms with E-state index in [1.165, 1.54) is 0 Å². The summed E-state index contributed by atoms with van der Waals surface area (Å²) in [5, 5.41) is 11.2. The van der Waals surface area contributed by atoms with Crippen LogP contribution >= 0.6 is 0 Å². The van der Waals surface area contributed by atoms with Gasteiger partial charge in [0.2, 0.25) is 0 Å². The van der Waals surface area contributed by atoms with E-state index in [-0.39, 0.29) is 36.7 Å². The van der Waals surface area contributed by atoms with Gasteiger partial charge in [0.05, 0.1) is 18.6 Å².